The minimum Gasteiger partial charge on any atom is -0.489 e. The molecule has 0 aliphatic heterocycles. The predicted molar refractivity (Wildman–Crippen MR) is 90.1 cm³/mol. The van der Waals surface area contributed by atoms with Crippen molar-refractivity contribution < 1.29 is 14.6 Å². The third kappa shape index (κ3) is 5.04. The fraction of sp³-hybridized carbons (Fsp3) is 0.562. The monoisotopic (exact) mass is 347 g/mol. The average Bonchev–Trinajstić information content (AvgIpc) is 2.48. The second-order valence-corrected chi connectivity index (χ2v) is 5.95. The Morgan fingerprint density at radius 1 is 1.23 bits per heavy atom. The van der Waals surface area contributed by atoms with Crippen LogP contribution in [0.25, 0.3) is 0 Å². The van der Waals surface area contributed by atoms with E-state index in [9.17, 15) is 9.90 Å². The molecule has 0 aliphatic carbocycles. The molecule has 22 heavy (non-hydrogen) atoms. The van der Waals surface area contributed by atoms with Gasteiger partial charge in [0.25, 0.3) is 5.91 Å². The van der Waals surface area contributed by atoms with Gasteiger partial charge in [0.15, 0.2) is 0 Å². The van der Waals surface area contributed by atoms with Crippen molar-refractivity contribution in [1.82, 2.24) is 4.90 Å². The van der Waals surface area contributed by atoms with Crippen molar-refractivity contribution >= 4 is 29.1 Å². The summed E-state index contributed by atoms with van der Waals surface area (Å²) in [5.74, 6) is 0.235. The molecule has 124 valence electrons. The molecule has 1 amide bonds. The van der Waals surface area contributed by atoms with Gasteiger partial charge in [-0.05, 0) is 31.9 Å². The highest BCUT2D eigenvalue weighted by atomic mass is 35.5. The topological polar surface area (TPSA) is 49.8 Å². The number of benzene rings is 1. The van der Waals surface area contributed by atoms with Crippen LogP contribution in [0.15, 0.2) is 12.1 Å². The van der Waals surface area contributed by atoms with Crippen LogP contribution in [-0.2, 0) is 0 Å². The van der Waals surface area contributed by atoms with Crippen LogP contribution in [0, 0.1) is 0 Å². The summed E-state index contributed by atoms with van der Waals surface area (Å²) in [6.07, 6.45) is 1.15. The first-order chi connectivity index (χ1) is 10.4. The Morgan fingerprint density at radius 3 is 2.32 bits per heavy atom. The Kier molecular flexibility index (Phi) is 8.01. The number of amides is 1. The molecule has 1 aromatic carbocycles. The van der Waals surface area contributed by atoms with Crippen LogP contribution < -0.4 is 4.74 Å². The van der Waals surface area contributed by atoms with Gasteiger partial charge in [0.2, 0.25) is 0 Å². The Labute approximate surface area is 142 Å². The number of aliphatic hydroxyl groups excluding tert-OH is 1. The molecule has 0 heterocycles. The molecule has 0 spiro atoms. The first kappa shape index (κ1) is 19.1. The maximum absolute atomic E-state index is 12.6. The lowest BCUT2D eigenvalue weighted by atomic mass is 10.1. The minimum absolute atomic E-state index is 0.112. The lowest BCUT2D eigenvalue weighted by Crippen LogP contribution is -2.32. The molecular formula is C16H23Cl2NO3. The van der Waals surface area contributed by atoms with E-state index in [0.29, 0.717) is 24.4 Å². The predicted octanol–water partition coefficient (Wildman–Crippen LogP) is 4.02. The van der Waals surface area contributed by atoms with Crippen molar-refractivity contribution in [2.45, 2.75) is 39.7 Å². The van der Waals surface area contributed by atoms with Crippen LogP contribution in [0.4, 0.5) is 0 Å². The standard InChI is InChI=1S/C16H23Cl2NO3/c1-4-8-19(9-5-2)16(21)12-6-7-13(15(18)14(12)17)22-10-11(3)20/h6-7,11,20H,4-5,8-10H2,1-3H3. The molecular weight excluding hydrogens is 325 g/mol. The maximum Gasteiger partial charge on any atom is 0.255 e. The lowest BCUT2D eigenvalue weighted by Gasteiger charge is -2.22. The number of carbonyl (C=O) groups excluding carboxylic acids is 1. The summed E-state index contributed by atoms with van der Waals surface area (Å²) < 4.78 is 5.38. The molecule has 4 nitrogen and oxygen atoms in total. The van der Waals surface area contributed by atoms with E-state index in [2.05, 4.69) is 0 Å². The maximum atomic E-state index is 12.6. The van der Waals surface area contributed by atoms with E-state index in [1.807, 2.05) is 13.8 Å². The normalized spacial score (nSPS) is 12.1. The van der Waals surface area contributed by atoms with E-state index in [0.717, 1.165) is 12.8 Å². The van der Waals surface area contributed by atoms with Gasteiger partial charge in [0.1, 0.15) is 17.4 Å². The number of carbonyl (C=O) groups is 1. The zero-order chi connectivity index (χ0) is 16.7. The van der Waals surface area contributed by atoms with E-state index < -0.39 is 6.10 Å². The van der Waals surface area contributed by atoms with Gasteiger partial charge in [-0.3, -0.25) is 4.79 Å². The quantitative estimate of drug-likeness (QED) is 0.772. The molecule has 6 heteroatoms. The Morgan fingerprint density at radius 2 is 1.82 bits per heavy atom. The summed E-state index contributed by atoms with van der Waals surface area (Å²) >= 11 is 12.4. The summed E-state index contributed by atoms with van der Waals surface area (Å²) in [6.45, 7) is 7.14. The second kappa shape index (κ2) is 9.23. The van der Waals surface area contributed by atoms with Gasteiger partial charge in [-0.15, -0.1) is 0 Å². The van der Waals surface area contributed by atoms with E-state index in [1.54, 1.807) is 24.0 Å². The smallest absolute Gasteiger partial charge is 0.255 e. The van der Waals surface area contributed by atoms with Crippen molar-refractivity contribution in [2.75, 3.05) is 19.7 Å². The van der Waals surface area contributed by atoms with Gasteiger partial charge in [0, 0.05) is 13.1 Å². The van der Waals surface area contributed by atoms with Crippen LogP contribution in [0.2, 0.25) is 10.0 Å². The summed E-state index contributed by atoms with van der Waals surface area (Å²) in [7, 11) is 0. The first-order valence-electron chi connectivity index (χ1n) is 7.50. The zero-order valence-corrected chi connectivity index (χ0v) is 14.7. The summed E-state index contributed by atoms with van der Waals surface area (Å²) in [5, 5.41) is 9.63. The highest BCUT2D eigenvalue weighted by molar-refractivity contribution is 6.44. The fourth-order valence-corrected chi connectivity index (χ4v) is 2.50. The third-order valence-corrected chi connectivity index (χ3v) is 3.90. The number of hydrogen-bond acceptors (Lipinski definition) is 3. The molecule has 0 radical (unpaired) electrons. The minimum atomic E-state index is -0.610. The number of nitrogens with zero attached hydrogens (tertiary/aromatic N) is 1. The van der Waals surface area contributed by atoms with E-state index >= 15 is 0 Å². The Hall–Kier alpha value is -0.970. The van der Waals surface area contributed by atoms with Crippen LogP contribution in [0.5, 0.6) is 5.75 Å². The molecule has 1 atom stereocenters. The van der Waals surface area contributed by atoms with Crippen LogP contribution in [0.1, 0.15) is 44.0 Å². The highest BCUT2D eigenvalue weighted by Crippen LogP contribution is 2.35. The summed E-state index contributed by atoms with van der Waals surface area (Å²) in [6, 6.07) is 3.23. The number of halogens is 2. The Bertz CT molecular complexity index is 500. The first-order valence-corrected chi connectivity index (χ1v) is 8.26. The fourth-order valence-electron chi connectivity index (χ4n) is 2.04. The SMILES string of the molecule is CCCN(CCC)C(=O)c1ccc(OCC(C)O)c(Cl)c1Cl. The van der Waals surface area contributed by atoms with Gasteiger partial charge in [-0.2, -0.15) is 0 Å². The van der Waals surface area contributed by atoms with Crippen molar-refractivity contribution in [3.05, 3.63) is 27.7 Å². The van der Waals surface area contributed by atoms with Gasteiger partial charge < -0.3 is 14.7 Å². The van der Waals surface area contributed by atoms with E-state index in [4.69, 9.17) is 27.9 Å². The molecule has 0 aromatic heterocycles. The largest absolute Gasteiger partial charge is 0.489 e. The van der Waals surface area contributed by atoms with Crippen molar-refractivity contribution in [3.63, 3.8) is 0 Å². The second-order valence-electron chi connectivity index (χ2n) is 5.19. The molecule has 1 aromatic rings. The highest BCUT2D eigenvalue weighted by Gasteiger charge is 2.21. The molecule has 1 rings (SSSR count). The Balaban J connectivity index is 3.00. The molecule has 0 saturated carbocycles. The number of aliphatic hydroxyl groups is 1. The van der Waals surface area contributed by atoms with Gasteiger partial charge in [0.05, 0.1) is 16.7 Å². The zero-order valence-electron chi connectivity index (χ0n) is 13.2. The molecule has 0 saturated heterocycles. The van der Waals surface area contributed by atoms with Crippen molar-refractivity contribution in [1.29, 1.82) is 0 Å². The summed E-state index contributed by atoms with van der Waals surface area (Å²) in [5.41, 5.74) is 0.373. The van der Waals surface area contributed by atoms with Gasteiger partial charge >= 0.3 is 0 Å². The molecule has 0 aliphatic rings. The van der Waals surface area contributed by atoms with Crippen LogP contribution in [0.3, 0.4) is 0 Å². The van der Waals surface area contributed by atoms with E-state index in [1.165, 1.54) is 0 Å². The van der Waals surface area contributed by atoms with Gasteiger partial charge in [-0.1, -0.05) is 37.0 Å². The molecule has 0 fully saturated rings. The van der Waals surface area contributed by atoms with Crippen molar-refractivity contribution in [2.24, 2.45) is 0 Å². The lowest BCUT2D eigenvalue weighted by molar-refractivity contribution is 0.0755. The molecule has 1 unspecified atom stereocenters. The van der Waals surface area contributed by atoms with E-state index in [-0.39, 0.29) is 22.6 Å². The molecule has 1 N–H and O–H groups in total. The average molecular weight is 348 g/mol. The number of hydrogen-bond donors (Lipinski definition) is 1. The molecule has 0 bridgehead atoms. The number of rotatable bonds is 8. The van der Waals surface area contributed by atoms with Gasteiger partial charge in [-0.25, -0.2) is 0 Å². The summed E-state index contributed by atoms with van der Waals surface area (Å²) in [4.78, 5) is 14.3. The number of ether oxygens (including phenoxy) is 1. The van der Waals surface area contributed by atoms with Crippen LogP contribution >= 0.6 is 23.2 Å². The van der Waals surface area contributed by atoms with Crippen LogP contribution in [-0.4, -0.2) is 41.7 Å². The van der Waals surface area contributed by atoms with Crippen molar-refractivity contribution in [3.8, 4) is 5.75 Å². The third-order valence-electron chi connectivity index (χ3n) is 3.03.